The van der Waals surface area contributed by atoms with Gasteiger partial charge in [0.2, 0.25) is 0 Å². The van der Waals surface area contributed by atoms with Crippen molar-refractivity contribution in [3.05, 3.63) is 23.0 Å². The van der Waals surface area contributed by atoms with Crippen molar-refractivity contribution in [3.63, 3.8) is 0 Å². The zero-order valence-corrected chi connectivity index (χ0v) is 6.60. The van der Waals surface area contributed by atoms with Crippen molar-refractivity contribution in [1.82, 2.24) is 4.98 Å². The van der Waals surface area contributed by atoms with Crippen molar-refractivity contribution in [2.45, 2.75) is 20.8 Å². The van der Waals surface area contributed by atoms with Gasteiger partial charge >= 0.3 is 0 Å². The molecule has 0 bridgehead atoms. The van der Waals surface area contributed by atoms with Gasteiger partial charge in [0.05, 0.1) is 11.4 Å². The summed E-state index contributed by atoms with van der Waals surface area (Å²) >= 11 is 0. The van der Waals surface area contributed by atoms with Crippen LogP contribution in [-0.2, 0) is 0 Å². The van der Waals surface area contributed by atoms with E-state index < -0.39 is 0 Å². The van der Waals surface area contributed by atoms with Gasteiger partial charge in [0.25, 0.3) is 0 Å². The normalized spacial score (nSPS) is 9.90. The molecule has 0 unspecified atom stereocenters. The van der Waals surface area contributed by atoms with Gasteiger partial charge in [-0.25, -0.2) is 0 Å². The Morgan fingerprint density at radius 1 is 1.30 bits per heavy atom. The third kappa shape index (κ3) is 1.10. The molecule has 0 amide bonds. The van der Waals surface area contributed by atoms with E-state index in [0.29, 0.717) is 0 Å². The highest BCUT2D eigenvalue weighted by Gasteiger charge is 1.98. The van der Waals surface area contributed by atoms with E-state index in [0.717, 1.165) is 22.6 Å². The standard InChI is InChI=1S/C8H12N2/c1-5-4-6(2)10-7(3)8(5)9/h4H,9H2,1-3H3. The lowest BCUT2D eigenvalue weighted by molar-refractivity contribution is 1.11. The second-order valence-corrected chi connectivity index (χ2v) is 2.58. The number of aryl methyl sites for hydroxylation is 3. The molecule has 2 N–H and O–H groups in total. The number of nitrogens with two attached hydrogens (primary N) is 1. The minimum atomic E-state index is 0.811. The number of aromatic nitrogens is 1. The largest absolute Gasteiger partial charge is 0.397 e. The van der Waals surface area contributed by atoms with Crippen LogP contribution in [0.15, 0.2) is 6.07 Å². The number of anilines is 1. The minimum absolute atomic E-state index is 0.811. The smallest absolute Gasteiger partial charge is 0.0607 e. The highest BCUT2D eigenvalue weighted by Crippen LogP contribution is 2.13. The van der Waals surface area contributed by atoms with Gasteiger partial charge in [0.15, 0.2) is 0 Å². The van der Waals surface area contributed by atoms with Crippen molar-refractivity contribution in [2.75, 3.05) is 5.73 Å². The molecule has 0 atom stereocenters. The van der Waals surface area contributed by atoms with Crippen molar-refractivity contribution in [1.29, 1.82) is 0 Å². The van der Waals surface area contributed by atoms with Gasteiger partial charge < -0.3 is 5.73 Å². The molecule has 0 saturated heterocycles. The molecule has 0 aliphatic rings. The molecule has 0 aliphatic heterocycles. The highest BCUT2D eigenvalue weighted by atomic mass is 14.7. The molecule has 1 aromatic rings. The van der Waals surface area contributed by atoms with E-state index in [9.17, 15) is 0 Å². The molecule has 2 heteroatoms. The molecule has 54 valence electrons. The molecule has 1 heterocycles. The van der Waals surface area contributed by atoms with E-state index in [1.54, 1.807) is 0 Å². The lowest BCUT2D eigenvalue weighted by Gasteiger charge is -2.03. The Balaban J connectivity index is 3.31. The molecule has 1 aromatic heterocycles. The van der Waals surface area contributed by atoms with E-state index in [-0.39, 0.29) is 0 Å². The van der Waals surface area contributed by atoms with Crippen LogP contribution >= 0.6 is 0 Å². The number of rotatable bonds is 0. The van der Waals surface area contributed by atoms with Crippen molar-refractivity contribution in [2.24, 2.45) is 0 Å². The maximum Gasteiger partial charge on any atom is 0.0607 e. The average Bonchev–Trinajstić information content (AvgIpc) is 1.82. The SMILES string of the molecule is Cc1cc(C)c(N)c(C)n1. The summed E-state index contributed by atoms with van der Waals surface area (Å²) in [6, 6.07) is 1.99. The van der Waals surface area contributed by atoms with Gasteiger partial charge in [-0.3, -0.25) is 4.98 Å². The lowest BCUT2D eigenvalue weighted by Crippen LogP contribution is -1.97. The first kappa shape index (κ1) is 7.06. The predicted octanol–water partition coefficient (Wildman–Crippen LogP) is 1.59. The third-order valence-corrected chi connectivity index (χ3v) is 1.58. The second-order valence-electron chi connectivity index (χ2n) is 2.58. The van der Waals surface area contributed by atoms with Crippen LogP contribution in [0.25, 0.3) is 0 Å². The van der Waals surface area contributed by atoms with Crippen molar-refractivity contribution in [3.8, 4) is 0 Å². The van der Waals surface area contributed by atoms with E-state index in [1.807, 2.05) is 26.8 Å². The Hall–Kier alpha value is -1.05. The molecule has 10 heavy (non-hydrogen) atoms. The Morgan fingerprint density at radius 3 is 2.40 bits per heavy atom. The van der Waals surface area contributed by atoms with Crippen LogP contribution < -0.4 is 5.73 Å². The van der Waals surface area contributed by atoms with Crippen LogP contribution in [-0.4, -0.2) is 4.98 Å². The van der Waals surface area contributed by atoms with Crippen LogP contribution in [0.3, 0.4) is 0 Å². The van der Waals surface area contributed by atoms with Crippen LogP contribution in [0.4, 0.5) is 5.69 Å². The summed E-state index contributed by atoms with van der Waals surface area (Å²) in [6.07, 6.45) is 0. The van der Waals surface area contributed by atoms with Gasteiger partial charge in [0.1, 0.15) is 0 Å². The fraction of sp³-hybridized carbons (Fsp3) is 0.375. The molecule has 0 aromatic carbocycles. The Bertz CT molecular complexity index is 230. The molecule has 0 fully saturated rings. The summed E-state index contributed by atoms with van der Waals surface area (Å²) in [5.74, 6) is 0. The Morgan fingerprint density at radius 2 is 1.90 bits per heavy atom. The third-order valence-electron chi connectivity index (χ3n) is 1.58. The summed E-state index contributed by atoms with van der Waals surface area (Å²) in [6.45, 7) is 5.89. The number of nitrogen functional groups attached to an aromatic ring is 1. The second kappa shape index (κ2) is 2.29. The fourth-order valence-corrected chi connectivity index (χ4v) is 1.03. The maximum absolute atomic E-state index is 5.69. The van der Waals surface area contributed by atoms with Gasteiger partial charge in [-0.2, -0.15) is 0 Å². The van der Waals surface area contributed by atoms with Gasteiger partial charge in [-0.1, -0.05) is 0 Å². The molecular formula is C8H12N2. The van der Waals surface area contributed by atoms with Crippen LogP contribution in [0, 0.1) is 20.8 Å². The summed E-state index contributed by atoms with van der Waals surface area (Å²) in [4.78, 5) is 4.21. The molecule has 0 spiro atoms. The van der Waals surface area contributed by atoms with Crippen molar-refractivity contribution >= 4 is 5.69 Å². The maximum atomic E-state index is 5.69. The molecule has 0 radical (unpaired) electrons. The van der Waals surface area contributed by atoms with E-state index >= 15 is 0 Å². The average molecular weight is 136 g/mol. The highest BCUT2D eigenvalue weighted by molar-refractivity contribution is 5.49. The first-order chi connectivity index (χ1) is 4.61. The molecular weight excluding hydrogens is 124 g/mol. The van der Waals surface area contributed by atoms with E-state index in [2.05, 4.69) is 4.98 Å². The topological polar surface area (TPSA) is 38.9 Å². The van der Waals surface area contributed by atoms with Crippen LogP contribution in [0.5, 0.6) is 0 Å². The summed E-state index contributed by atoms with van der Waals surface area (Å²) in [5.41, 5.74) is 9.57. The summed E-state index contributed by atoms with van der Waals surface area (Å²) < 4.78 is 0. The van der Waals surface area contributed by atoms with Crippen LogP contribution in [0.2, 0.25) is 0 Å². The lowest BCUT2D eigenvalue weighted by atomic mass is 10.2. The van der Waals surface area contributed by atoms with E-state index in [1.165, 1.54) is 0 Å². The predicted molar refractivity (Wildman–Crippen MR) is 42.9 cm³/mol. The minimum Gasteiger partial charge on any atom is -0.397 e. The number of nitrogens with zero attached hydrogens (tertiary/aromatic N) is 1. The number of pyridine rings is 1. The quantitative estimate of drug-likeness (QED) is 0.588. The zero-order valence-electron chi connectivity index (χ0n) is 6.60. The first-order valence-corrected chi connectivity index (χ1v) is 3.31. The molecule has 1 rings (SSSR count). The van der Waals surface area contributed by atoms with Crippen molar-refractivity contribution < 1.29 is 0 Å². The molecule has 0 saturated carbocycles. The molecule has 0 aliphatic carbocycles. The monoisotopic (exact) mass is 136 g/mol. The van der Waals surface area contributed by atoms with Gasteiger partial charge in [0, 0.05) is 5.69 Å². The van der Waals surface area contributed by atoms with E-state index in [4.69, 9.17) is 5.73 Å². The fourth-order valence-electron chi connectivity index (χ4n) is 1.03. The number of hydrogen-bond acceptors (Lipinski definition) is 2. The van der Waals surface area contributed by atoms with Crippen LogP contribution in [0.1, 0.15) is 17.0 Å². The summed E-state index contributed by atoms with van der Waals surface area (Å²) in [5, 5.41) is 0. The molecule has 2 nitrogen and oxygen atoms in total. The van der Waals surface area contributed by atoms with Gasteiger partial charge in [-0.05, 0) is 32.4 Å². The van der Waals surface area contributed by atoms with Gasteiger partial charge in [-0.15, -0.1) is 0 Å². The number of hydrogen-bond donors (Lipinski definition) is 1. The zero-order chi connectivity index (χ0) is 7.72. The summed E-state index contributed by atoms with van der Waals surface area (Å²) in [7, 11) is 0. The Kier molecular flexibility index (Phi) is 1.62. The first-order valence-electron chi connectivity index (χ1n) is 3.31. The Labute approximate surface area is 61.1 Å².